The van der Waals surface area contributed by atoms with Crippen LogP contribution in [-0.2, 0) is 0 Å². The van der Waals surface area contributed by atoms with Crippen LogP contribution in [-0.4, -0.2) is 24.7 Å². The fourth-order valence-corrected chi connectivity index (χ4v) is 2.04. The molecule has 1 aromatic heterocycles. The van der Waals surface area contributed by atoms with Crippen LogP contribution in [0.5, 0.6) is 0 Å². The Bertz CT molecular complexity index is 379. The van der Waals surface area contributed by atoms with Gasteiger partial charge in [-0.2, -0.15) is 0 Å². The molecule has 0 radical (unpaired) electrons. The number of furan rings is 1. The minimum Gasteiger partial charge on any atom is -0.445 e. The fourth-order valence-electron chi connectivity index (χ4n) is 1.66. The molecule has 96 valence electrons. The number of nitrogens with one attached hydrogen (secondary N) is 1. The van der Waals surface area contributed by atoms with Gasteiger partial charge in [0.15, 0.2) is 10.9 Å². The summed E-state index contributed by atoms with van der Waals surface area (Å²) in [5.74, 6) is 0.759. The number of thioether (sulfide) groups is 1. The molecule has 6 heteroatoms. The Morgan fingerprint density at radius 1 is 1.65 bits per heavy atom. The quantitative estimate of drug-likeness (QED) is 0.806. The Balaban J connectivity index is 0.00000144. The molecule has 0 aliphatic heterocycles. The Labute approximate surface area is 111 Å². The lowest BCUT2D eigenvalue weighted by Crippen LogP contribution is -2.41. The summed E-state index contributed by atoms with van der Waals surface area (Å²) in [5, 5.41) is 3.67. The first kappa shape index (κ1) is 14.4. The van der Waals surface area contributed by atoms with E-state index in [-0.39, 0.29) is 24.4 Å². The van der Waals surface area contributed by atoms with Gasteiger partial charge in [0.25, 0.3) is 5.91 Å². The van der Waals surface area contributed by atoms with E-state index in [0.717, 1.165) is 17.9 Å². The minimum absolute atomic E-state index is 0. The standard InChI is InChI=1S/C11H16N2O2S.ClH/c1-16-10-5-4-9(15-10)11(14)13-8(6-12)7-2-3-7;/h4-5,7-8H,2-3,6,12H2,1H3,(H,13,14);1H. The summed E-state index contributed by atoms with van der Waals surface area (Å²) in [6.45, 7) is 0.493. The van der Waals surface area contributed by atoms with E-state index in [1.54, 1.807) is 12.1 Å². The predicted molar refractivity (Wildman–Crippen MR) is 70.8 cm³/mol. The van der Waals surface area contributed by atoms with Crippen molar-refractivity contribution in [2.45, 2.75) is 24.0 Å². The second kappa shape index (κ2) is 6.33. The highest BCUT2D eigenvalue weighted by Crippen LogP contribution is 2.32. The van der Waals surface area contributed by atoms with Crippen LogP contribution in [0.25, 0.3) is 0 Å². The minimum atomic E-state index is -0.164. The van der Waals surface area contributed by atoms with Crippen LogP contribution in [0, 0.1) is 5.92 Å². The maximum absolute atomic E-state index is 11.8. The molecule has 1 heterocycles. The van der Waals surface area contributed by atoms with Crippen molar-refractivity contribution in [3.63, 3.8) is 0 Å². The SMILES string of the molecule is CSc1ccc(C(=O)NC(CN)C2CC2)o1.Cl. The summed E-state index contributed by atoms with van der Waals surface area (Å²) in [5.41, 5.74) is 5.62. The van der Waals surface area contributed by atoms with Gasteiger partial charge in [0.1, 0.15) is 0 Å². The van der Waals surface area contributed by atoms with Gasteiger partial charge in [0.2, 0.25) is 0 Å². The Morgan fingerprint density at radius 3 is 2.82 bits per heavy atom. The number of carbonyl (C=O) groups is 1. The van der Waals surface area contributed by atoms with Gasteiger partial charge in [-0.05, 0) is 37.1 Å². The summed E-state index contributed by atoms with van der Waals surface area (Å²) in [7, 11) is 0. The molecule has 0 bridgehead atoms. The Morgan fingerprint density at radius 2 is 2.35 bits per heavy atom. The van der Waals surface area contributed by atoms with E-state index in [1.165, 1.54) is 11.8 Å². The van der Waals surface area contributed by atoms with Crippen LogP contribution >= 0.6 is 24.2 Å². The zero-order valence-corrected chi connectivity index (χ0v) is 11.3. The van der Waals surface area contributed by atoms with E-state index >= 15 is 0 Å². The molecule has 1 saturated carbocycles. The largest absolute Gasteiger partial charge is 0.445 e. The van der Waals surface area contributed by atoms with Crippen molar-refractivity contribution in [2.24, 2.45) is 11.7 Å². The van der Waals surface area contributed by atoms with Crippen molar-refractivity contribution >= 4 is 30.1 Å². The molecule has 3 N–H and O–H groups in total. The second-order valence-corrected chi connectivity index (χ2v) is 4.79. The number of hydrogen-bond acceptors (Lipinski definition) is 4. The first-order chi connectivity index (χ1) is 7.74. The Kier molecular flexibility index (Phi) is 5.36. The molecule has 0 spiro atoms. The lowest BCUT2D eigenvalue weighted by molar-refractivity contribution is 0.0900. The number of halogens is 1. The maximum atomic E-state index is 11.8. The Hall–Kier alpha value is -0.650. The fraction of sp³-hybridized carbons (Fsp3) is 0.545. The monoisotopic (exact) mass is 276 g/mol. The average molecular weight is 277 g/mol. The van der Waals surface area contributed by atoms with Gasteiger partial charge in [-0.15, -0.1) is 12.4 Å². The molecule has 1 aliphatic rings. The molecular weight excluding hydrogens is 260 g/mol. The molecule has 1 atom stereocenters. The van der Waals surface area contributed by atoms with E-state index in [9.17, 15) is 4.79 Å². The highest BCUT2D eigenvalue weighted by atomic mass is 35.5. The zero-order valence-electron chi connectivity index (χ0n) is 9.64. The summed E-state index contributed by atoms with van der Waals surface area (Å²) in [6.07, 6.45) is 4.24. The van der Waals surface area contributed by atoms with Gasteiger partial charge in [-0.1, -0.05) is 11.8 Å². The number of amides is 1. The predicted octanol–water partition coefficient (Wildman–Crippen LogP) is 1.89. The van der Waals surface area contributed by atoms with E-state index < -0.39 is 0 Å². The van der Waals surface area contributed by atoms with Crippen LogP contribution < -0.4 is 11.1 Å². The third kappa shape index (κ3) is 3.66. The van der Waals surface area contributed by atoms with Crippen LogP contribution in [0.15, 0.2) is 21.6 Å². The summed E-state index contributed by atoms with van der Waals surface area (Å²) < 4.78 is 5.35. The van der Waals surface area contributed by atoms with E-state index in [4.69, 9.17) is 10.2 Å². The van der Waals surface area contributed by atoms with Gasteiger partial charge in [-0.3, -0.25) is 4.79 Å². The van der Waals surface area contributed by atoms with E-state index in [2.05, 4.69) is 5.32 Å². The second-order valence-electron chi connectivity index (χ2n) is 3.98. The molecule has 4 nitrogen and oxygen atoms in total. The highest BCUT2D eigenvalue weighted by Gasteiger charge is 2.31. The summed E-state index contributed by atoms with van der Waals surface area (Å²) >= 11 is 1.48. The molecule has 0 aromatic carbocycles. The van der Waals surface area contributed by atoms with Crippen LogP contribution in [0.4, 0.5) is 0 Å². The van der Waals surface area contributed by atoms with E-state index in [1.807, 2.05) is 6.26 Å². The average Bonchev–Trinajstić information content (AvgIpc) is 3.02. The van der Waals surface area contributed by atoms with E-state index in [0.29, 0.717) is 18.2 Å². The van der Waals surface area contributed by atoms with Crippen LogP contribution in [0.2, 0.25) is 0 Å². The molecule has 1 amide bonds. The third-order valence-corrected chi connectivity index (χ3v) is 3.39. The van der Waals surface area contributed by atoms with Crippen molar-refractivity contribution in [3.05, 3.63) is 17.9 Å². The van der Waals surface area contributed by atoms with Crippen molar-refractivity contribution < 1.29 is 9.21 Å². The topological polar surface area (TPSA) is 68.3 Å². The smallest absolute Gasteiger partial charge is 0.287 e. The van der Waals surface area contributed by atoms with Gasteiger partial charge >= 0.3 is 0 Å². The molecule has 2 rings (SSSR count). The first-order valence-corrected chi connectivity index (χ1v) is 6.62. The van der Waals surface area contributed by atoms with Gasteiger partial charge in [0.05, 0.1) is 0 Å². The normalized spacial score (nSPS) is 16.1. The molecule has 17 heavy (non-hydrogen) atoms. The number of carbonyl (C=O) groups excluding carboxylic acids is 1. The number of rotatable bonds is 5. The van der Waals surface area contributed by atoms with Crippen molar-refractivity contribution in [1.82, 2.24) is 5.32 Å². The maximum Gasteiger partial charge on any atom is 0.287 e. The highest BCUT2D eigenvalue weighted by molar-refractivity contribution is 7.98. The number of hydrogen-bond donors (Lipinski definition) is 2. The van der Waals surface area contributed by atoms with Crippen molar-refractivity contribution in [2.75, 3.05) is 12.8 Å². The summed E-state index contributed by atoms with van der Waals surface area (Å²) in [6, 6.07) is 3.59. The van der Waals surface area contributed by atoms with Crippen molar-refractivity contribution in [1.29, 1.82) is 0 Å². The molecular formula is C11H17ClN2O2S. The van der Waals surface area contributed by atoms with Gasteiger partial charge in [0, 0.05) is 12.6 Å². The zero-order chi connectivity index (χ0) is 11.5. The van der Waals surface area contributed by atoms with Crippen molar-refractivity contribution in [3.8, 4) is 0 Å². The lowest BCUT2D eigenvalue weighted by Gasteiger charge is -2.14. The van der Waals surface area contributed by atoms with Crippen LogP contribution in [0.3, 0.4) is 0 Å². The first-order valence-electron chi connectivity index (χ1n) is 5.39. The van der Waals surface area contributed by atoms with Crippen LogP contribution in [0.1, 0.15) is 23.4 Å². The lowest BCUT2D eigenvalue weighted by atomic mass is 10.2. The molecule has 1 aromatic rings. The van der Waals surface area contributed by atoms with Gasteiger partial charge < -0.3 is 15.5 Å². The molecule has 1 fully saturated rings. The molecule has 1 unspecified atom stereocenters. The molecule has 1 aliphatic carbocycles. The summed E-state index contributed by atoms with van der Waals surface area (Å²) in [4.78, 5) is 11.8. The number of nitrogens with two attached hydrogens (primary N) is 1. The van der Waals surface area contributed by atoms with Gasteiger partial charge in [-0.25, -0.2) is 0 Å². The molecule has 0 saturated heterocycles. The third-order valence-electron chi connectivity index (χ3n) is 2.77.